The smallest absolute Gasteiger partial charge is 0.138 e. The van der Waals surface area contributed by atoms with E-state index in [1.165, 1.54) is 6.07 Å². The third kappa shape index (κ3) is 4.79. The van der Waals surface area contributed by atoms with Crippen molar-refractivity contribution in [2.75, 3.05) is 0 Å². The Hall–Kier alpha value is -1.46. The predicted octanol–water partition coefficient (Wildman–Crippen LogP) is 4.06. The first kappa shape index (κ1) is 15.9. The van der Waals surface area contributed by atoms with Crippen LogP contribution in [0, 0.1) is 5.82 Å². The standard InChI is InChI=1S/C16H18BrFN2O/c1-11(2)19-8-13-6-7-14(9-20-13)21-10-12-4-3-5-15(18)16(12)17/h3-7,9,11,19H,8,10H2,1-2H3. The molecule has 0 aliphatic rings. The molecule has 0 bridgehead atoms. The van der Waals surface area contributed by atoms with Crippen LogP contribution in [0.4, 0.5) is 4.39 Å². The molecule has 0 aliphatic carbocycles. The van der Waals surface area contributed by atoms with Crippen LogP contribution in [-0.2, 0) is 13.2 Å². The van der Waals surface area contributed by atoms with Crippen LogP contribution in [-0.4, -0.2) is 11.0 Å². The molecule has 1 N–H and O–H groups in total. The van der Waals surface area contributed by atoms with Crippen LogP contribution in [0.5, 0.6) is 5.75 Å². The molecule has 1 heterocycles. The van der Waals surface area contributed by atoms with E-state index in [1.54, 1.807) is 12.3 Å². The highest BCUT2D eigenvalue weighted by Crippen LogP contribution is 2.22. The number of nitrogens with zero attached hydrogens (tertiary/aromatic N) is 1. The van der Waals surface area contributed by atoms with Crippen LogP contribution >= 0.6 is 15.9 Å². The van der Waals surface area contributed by atoms with E-state index in [0.29, 0.717) is 22.9 Å². The number of nitrogens with one attached hydrogen (secondary N) is 1. The van der Waals surface area contributed by atoms with E-state index in [9.17, 15) is 4.39 Å². The minimum absolute atomic E-state index is 0.288. The van der Waals surface area contributed by atoms with Crippen molar-refractivity contribution in [3.63, 3.8) is 0 Å². The molecular formula is C16H18BrFN2O. The first-order valence-electron chi connectivity index (χ1n) is 6.80. The average molecular weight is 353 g/mol. The van der Waals surface area contributed by atoms with E-state index < -0.39 is 0 Å². The van der Waals surface area contributed by atoms with Crippen molar-refractivity contribution < 1.29 is 9.13 Å². The van der Waals surface area contributed by atoms with E-state index in [0.717, 1.165) is 17.8 Å². The van der Waals surface area contributed by atoms with Gasteiger partial charge >= 0.3 is 0 Å². The minimum atomic E-state index is -0.288. The molecule has 0 spiro atoms. The molecule has 0 amide bonds. The lowest BCUT2D eigenvalue weighted by Crippen LogP contribution is -2.22. The highest BCUT2D eigenvalue weighted by atomic mass is 79.9. The fourth-order valence-electron chi connectivity index (χ4n) is 1.73. The molecule has 0 atom stereocenters. The molecule has 0 radical (unpaired) electrons. The number of aromatic nitrogens is 1. The number of halogens is 2. The Morgan fingerprint density at radius 1 is 1.29 bits per heavy atom. The second-order valence-electron chi connectivity index (χ2n) is 5.02. The summed E-state index contributed by atoms with van der Waals surface area (Å²) in [7, 11) is 0. The zero-order valence-electron chi connectivity index (χ0n) is 12.1. The molecule has 1 aromatic carbocycles. The van der Waals surface area contributed by atoms with Gasteiger partial charge < -0.3 is 10.1 Å². The van der Waals surface area contributed by atoms with Crippen LogP contribution < -0.4 is 10.1 Å². The van der Waals surface area contributed by atoms with Gasteiger partial charge in [0.2, 0.25) is 0 Å². The number of pyridine rings is 1. The van der Waals surface area contributed by atoms with Gasteiger partial charge in [0, 0.05) is 18.2 Å². The summed E-state index contributed by atoms with van der Waals surface area (Å²) in [5, 5.41) is 3.30. The Morgan fingerprint density at radius 2 is 2.10 bits per heavy atom. The second kappa shape index (κ2) is 7.52. The van der Waals surface area contributed by atoms with Crippen molar-refractivity contribution in [2.24, 2.45) is 0 Å². The summed E-state index contributed by atoms with van der Waals surface area (Å²) < 4.78 is 19.5. The van der Waals surface area contributed by atoms with E-state index >= 15 is 0 Å². The number of benzene rings is 1. The Balaban J connectivity index is 1.93. The summed E-state index contributed by atoms with van der Waals surface area (Å²) in [6, 6.07) is 9.11. The van der Waals surface area contributed by atoms with Gasteiger partial charge in [0.25, 0.3) is 0 Å². The topological polar surface area (TPSA) is 34.1 Å². The molecule has 0 fully saturated rings. The molecule has 0 saturated carbocycles. The van der Waals surface area contributed by atoms with E-state index in [-0.39, 0.29) is 5.82 Å². The first-order valence-corrected chi connectivity index (χ1v) is 7.59. The zero-order chi connectivity index (χ0) is 15.2. The summed E-state index contributed by atoms with van der Waals surface area (Å²) in [6.45, 7) is 5.21. The lowest BCUT2D eigenvalue weighted by molar-refractivity contribution is 0.303. The summed E-state index contributed by atoms with van der Waals surface area (Å²) in [4.78, 5) is 4.33. The summed E-state index contributed by atoms with van der Waals surface area (Å²) >= 11 is 3.22. The zero-order valence-corrected chi connectivity index (χ0v) is 13.7. The fraction of sp³-hybridized carbons (Fsp3) is 0.312. The molecule has 21 heavy (non-hydrogen) atoms. The molecular weight excluding hydrogens is 335 g/mol. The Morgan fingerprint density at radius 3 is 2.76 bits per heavy atom. The largest absolute Gasteiger partial charge is 0.487 e. The van der Waals surface area contributed by atoms with E-state index in [1.807, 2.05) is 18.2 Å². The maximum Gasteiger partial charge on any atom is 0.138 e. The van der Waals surface area contributed by atoms with Crippen molar-refractivity contribution in [3.05, 3.63) is 58.1 Å². The molecule has 0 unspecified atom stereocenters. The second-order valence-corrected chi connectivity index (χ2v) is 5.82. The maximum atomic E-state index is 13.4. The minimum Gasteiger partial charge on any atom is -0.487 e. The Labute approximate surface area is 132 Å². The predicted molar refractivity (Wildman–Crippen MR) is 84.6 cm³/mol. The number of rotatable bonds is 6. The summed E-state index contributed by atoms with van der Waals surface area (Å²) in [5.41, 5.74) is 1.73. The molecule has 112 valence electrons. The summed E-state index contributed by atoms with van der Waals surface area (Å²) in [5.74, 6) is 0.379. The van der Waals surface area contributed by atoms with Crippen molar-refractivity contribution >= 4 is 15.9 Å². The fourth-order valence-corrected chi connectivity index (χ4v) is 2.11. The van der Waals surface area contributed by atoms with Crippen molar-refractivity contribution in [1.29, 1.82) is 0 Å². The van der Waals surface area contributed by atoms with Gasteiger partial charge in [-0.3, -0.25) is 4.98 Å². The molecule has 2 aromatic rings. The molecule has 1 aromatic heterocycles. The van der Waals surface area contributed by atoms with E-state index in [4.69, 9.17) is 4.74 Å². The van der Waals surface area contributed by atoms with Gasteiger partial charge in [-0.25, -0.2) is 4.39 Å². The Kier molecular flexibility index (Phi) is 5.70. The van der Waals surface area contributed by atoms with Crippen LogP contribution in [0.3, 0.4) is 0 Å². The number of hydrogen-bond donors (Lipinski definition) is 1. The summed E-state index contributed by atoms with van der Waals surface area (Å²) in [6.07, 6.45) is 1.69. The van der Waals surface area contributed by atoms with Gasteiger partial charge in [-0.05, 0) is 34.1 Å². The van der Waals surface area contributed by atoms with Gasteiger partial charge in [0.1, 0.15) is 18.2 Å². The highest BCUT2D eigenvalue weighted by molar-refractivity contribution is 9.10. The third-order valence-corrected chi connectivity index (χ3v) is 3.80. The van der Waals surface area contributed by atoms with Crippen LogP contribution in [0.2, 0.25) is 0 Å². The van der Waals surface area contributed by atoms with Gasteiger partial charge in [0.15, 0.2) is 0 Å². The molecule has 3 nitrogen and oxygen atoms in total. The third-order valence-electron chi connectivity index (χ3n) is 2.91. The van der Waals surface area contributed by atoms with Crippen molar-refractivity contribution in [2.45, 2.75) is 33.0 Å². The van der Waals surface area contributed by atoms with E-state index in [2.05, 4.69) is 40.1 Å². The maximum absolute atomic E-state index is 13.4. The van der Waals surface area contributed by atoms with Gasteiger partial charge in [-0.15, -0.1) is 0 Å². The van der Waals surface area contributed by atoms with Gasteiger partial charge in [-0.1, -0.05) is 26.0 Å². The average Bonchev–Trinajstić information content (AvgIpc) is 2.48. The van der Waals surface area contributed by atoms with Crippen LogP contribution in [0.15, 0.2) is 41.0 Å². The van der Waals surface area contributed by atoms with Gasteiger partial charge in [-0.2, -0.15) is 0 Å². The molecule has 0 saturated heterocycles. The Bertz CT molecular complexity index is 587. The SMILES string of the molecule is CC(C)NCc1ccc(OCc2cccc(F)c2Br)cn1. The normalized spacial score (nSPS) is 10.9. The van der Waals surface area contributed by atoms with Crippen LogP contribution in [0.1, 0.15) is 25.1 Å². The lowest BCUT2D eigenvalue weighted by atomic mass is 10.2. The van der Waals surface area contributed by atoms with Crippen molar-refractivity contribution in [1.82, 2.24) is 10.3 Å². The van der Waals surface area contributed by atoms with Crippen LogP contribution in [0.25, 0.3) is 0 Å². The molecule has 5 heteroatoms. The highest BCUT2D eigenvalue weighted by Gasteiger charge is 2.06. The molecule has 2 rings (SSSR count). The van der Waals surface area contributed by atoms with Crippen molar-refractivity contribution in [3.8, 4) is 5.75 Å². The quantitative estimate of drug-likeness (QED) is 0.851. The number of ether oxygens (including phenoxy) is 1. The molecule has 0 aliphatic heterocycles. The number of hydrogen-bond acceptors (Lipinski definition) is 3. The first-order chi connectivity index (χ1) is 10.1. The lowest BCUT2D eigenvalue weighted by Gasteiger charge is -2.10. The van der Waals surface area contributed by atoms with Gasteiger partial charge in [0.05, 0.1) is 16.4 Å². The monoisotopic (exact) mass is 352 g/mol.